The highest BCUT2D eigenvalue weighted by molar-refractivity contribution is 7.14. The minimum atomic E-state index is -0.0263. The summed E-state index contributed by atoms with van der Waals surface area (Å²) in [5.74, 6) is 1.16. The van der Waals surface area contributed by atoms with Crippen LogP contribution in [0.1, 0.15) is 63.6 Å². The molecule has 0 spiro atoms. The molecule has 2 atom stereocenters. The predicted octanol–water partition coefficient (Wildman–Crippen LogP) is 3.11. The normalized spacial score (nSPS) is 23.5. The Morgan fingerprint density at radius 3 is 3.12 bits per heavy atom. The summed E-state index contributed by atoms with van der Waals surface area (Å²) in [6.45, 7) is 3.81. The van der Waals surface area contributed by atoms with Crippen LogP contribution in [-0.2, 0) is 19.4 Å². The second-order valence-electron chi connectivity index (χ2n) is 7.47. The number of amides is 1. The van der Waals surface area contributed by atoms with Gasteiger partial charge in [-0.05, 0) is 55.7 Å². The van der Waals surface area contributed by atoms with Crippen LogP contribution in [-0.4, -0.2) is 39.2 Å². The Bertz CT molecular complexity index is 767. The van der Waals surface area contributed by atoms with Crippen molar-refractivity contribution in [2.75, 3.05) is 13.1 Å². The van der Waals surface area contributed by atoms with Gasteiger partial charge in [-0.1, -0.05) is 6.92 Å². The fourth-order valence-electron chi connectivity index (χ4n) is 4.04. The summed E-state index contributed by atoms with van der Waals surface area (Å²) in [6.07, 6.45) is 5.50. The van der Waals surface area contributed by atoms with Crippen molar-refractivity contribution in [1.82, 2.24) is 15.1 Å². The number of hydrogen-bond donors (Lipinski definition) is 2. The monoisotopic (exact) mass is 359 g/mol. The van der Waals surface area contributed by atoms with Crippen molar-refractivity contribution >= 4 is 17.2 Å². The summed E-state index contributed by atoms with van der Waals surface area (Å²) in [4.78, 5) is 17.3. The van der Waals surface area contributed by atoms with E-state index in [2.05, 4.69) is 23.2 Å². The fraction of sp³-hybridized carbons (Fsp3) is 0.579. The highest BCUT2D eigenvalue weighted by atomic mass is 32.1. The van der Waals surface area contributed by atoms with Crippen LogP contribution in [0, 0.1) is 5.92 Å². The van der Waals surface area contributed by atoms with E-state index >= 15 is 0 Å². The van der Waals surface area contributed by atoms with Gasteiger partial charge in [0.1, 0.15) is 0 Å². The van der Waals surface area contributed by atoms with E-state index in [1.54, 1.807) is 11.3 Å². The number of carbonyl (C=O) groups excluding carboxylic acids is 1. The van der Waals surface area contributed by atoms with Gasteiger partial charge in [-0.3, -0.25) is 9.89 Å². The van der Waals surface area contributed by atoms with E-state index in [1.165, 1.54) is 16.9 Å². The van der Waals surface area contributed by atoms with Crippen molar-refractivity contribution in [2.45, 2.75) is 51.6 Å². The number of aliphatic hydroxyl groups is 1. The molecule has 134 valence electrons. The molecule has 0 radical (unpaired) electrons. The van der Waals surface area contributed by atoms with Crippen LogP contribution in [0.15, 0.2) is 12.1 Å². The minimum Gasteiger partial charge on any atom is -0.390 e. The Morgan fingerprint density at radius 1 is 1.44 bits per heavy atom. The molecule has 1 fully saturated rings. The molecule has 3 heterocycles. The molecule has 0 aromatic carbocycles. The third-order valence-corrected chi connectivity index (χ3v) is 6.71. The Kier molecular flexibility index (Phi) is 4.65. The largest absolute Gasteiger partial charge is 0.390 e. The lowest BCUT2D eigenvalue weighted by atomic mass is 9.90. The number of nitrogens with one attached hydrogen (secondary N) is 1. The average Bonchev–Trinajstić information content (AvgIpc) is 3.27. The van der Waals surface area contributed by atoms with E-state index in [-0.39, 0.29) is 18.4 Å². The van der Waals surface area contributed by atoms with Crippen LogP contribution in [0.25, 0.3) is 0 Å². The molecule has 1 aliphatic heterocycles. The van der Waals surface area contributed by atoms with E-state index in [1.807, 2.05) is 11.0 Å². The predicted molar refractivity (Wildman–Crippen MR) is 97.9 cm³/mol. The molecule has 6 heteroatoms. The molecule has 5 nitrogen and oxygen atoms in total. The van der Waals surface area contributed by atoms with E-state index in [9.17, 15) is 9.90 Å². The van der Waals surface area contributed by atoms with Gasteiger partial charge in [0, 0.05) is 23.9 Å². The number of carbonyl (C=O) groups is 1. The topological polar surface area (TPSA) is 69.2 Å². The summed E-state index contributed by atoms with van der Waals surface area (Å²) in [5.41, 5.74) is 3.08. The van der Waals surface area contributed by atoms with E-state index in [4.69, 9.17) is 0 Å². The zero-order chi connectivity index (χ0) is 17.4. The van der Waals surface area contributed by atoms with Crippen molar-refractivity contribution in [2.24, 2.45) is 5.92 Å². The molecule has 0 saturated carbocycles. The van der Waals surface area contributed by atoms with Gasteiger partial charge >= 0.3 is 0 Å². The van der Waals surface area contributed by atoms with Gasteiger partial charge in [0.2, 0.25) is 0 Å². The molecule has 1 amide bonds. The van der Waals surface area contributed by atoms with E-state index in [0.717, 1.165) is 54.4 Å². The summed E-state index contributed by atoms with van der Waals surface area (Å²) in [5, 5.41) is 16.4. The van der Waals surface area contributed by atoms with Crippen molar-refractivity contribution < 1.29 is 9.90 Å². The first-order valence-corrected chi connectivity index (χ1v) is 10.0. The van der Waals surface area contributed by atoms with Crippen LogP contribution >= 0.6 is 11.3 Å². The molecule has 2 aromatic rings. The molecule has 2 aliphatic rings. The summed E-state index contributed by atoms with van der Waals surface area (Å²) < 4.78 is 0. The van der Waals surface area contributed by atoms with Gasteiger partial charge in [0.05, 0.1) is 22.9 Å². The lowest BCUT2D eigenvalue weighted by Gasteiger charge is -2.31. The fourth-order valence-corrected chi connectivity index (χ4v) is 5.22. The second kappa shape index (κ2) is 6.92. The third kappa shape index (κ3) is 3.37. The molecule has 25 heavy (non-hydrogen) atoms. The quantitative estimate of drug-likeness (QED) is 0.885. The average molecular weight is 359 g/mol. The Hall–Kier alpha value is -1.66. The Balaban J connectivity index is 1.48. The van der Waals surface area contributed by atoms with Crippen molar-refractivity contribution in [1.29, 1.82) is 0 Å². The number of likely N-dealkylation sites (tertiary alicyclic amines) is 1. The molecular weight excluding hydrogens is 334 g/mol. The first-order valence-electron chi connectivity index (χ1n) is 9.20. The number of rotatable bonds is 3. The molecule has 0 unspecified atom stereocenters. The number of H-pyrrole nitrogens is 1. The zero-order valence-electron chi connectivity index (χ0n) is 14.6. The van der Waals surface area contributed by atoms with Crippen molar-refractivity contribution in [3.8, 4) is 0 Å². The number of aromatic nitrogens is 2. The highest BCUT2D eigenvalue weighted by Gasteiger charge is 2.29. The molecule has 4 rings (SSSR count). The standard InChI is InChI=1S/C19H25N3O2S/c1-12-4-5-17-14(7-12)8-18(25-17)19(24)22-6-2-3-13(10-22)16-9-15(11-23)20-21-16/h8-9,12-13,23H,2-7,10-11H2,1H3,(H,20,21)/t12-,13+/m1/s1. The van der Waals surface area contributed by atoms with Gasteiger partial charge in [0.25, 0.3) is 5.91 Å². The SMILES string of the molecule is C[C@@H]1CCc2sc(C(=O)N3CCC[C@H](c4cc(CO)[nH]n4)C3)cc2C1. The summed E-state index contributed by atoms with van der Waals surface area (Å²) in [6, 6.07) is 4.06. The van der Waals surface area contributed by atoms with Crippen molar-refractivity contribution in [3.05, 3.63) is 38.8 Å². The van der Waals surface area contributed by atoms with E-state index < -0.39 is 0 Å². The first-order chi connectivity index (χ1) is 12.1. The van der Waals surface area contributed by atoms with E-state index in [0.29, 0.717) is 6.54 Å². The number of aromatic amines is 1. The summed E-state index contributed by atoms with van der Waals surface area (Å²) in [7, 11) is 0. The van der Waals surface area contributed by atoms with Crippen molar-refractivity contribution in [3.63, 3.8) is 0 Å². The Labute approximate surface area is 152 Å². The number of thiophene rings is 1. The maximum atomic E-state index is 13.0. The van der Waals surface area contributed by atoms with Gasteiger partial charge in [0.15, 0.2) is 0 Å². The number of nitrogens with zero attached hydrogens (tertiary/aromatic N) is 2. The van der Waals surface area contributed by atoms with Crippen LogP contribution in [0.5, 0.6) is 0 Å². The lowest BCUT2D eigenvalue weighted by molar-refractivity contribution is 0.0710. The van der Waals surface area contributed by atoms with Gasteiger partial charge in [-0.15, -0.1) is 11.3 Å². The number of aliphatic hydroxyl groups excluding tert-OH is 1. The van der Waals surface area contributed by atoms with Crippen LogP contribution in [0.4, 0.5) is 0 Å². The molecule has 0 bridgehead atoms. The number of fused-ring (bicyclic) bond motifs is 1. The lowest BCUT2D eigenvalue weighted by Crippen LogP contribution is -2.38. The van der Waals surface area contributed by atoms with Crippen LogP contribution < -0.4 is 0 Å². The maximum Gasteiger partial charge on any atom is 0.263 e. The number of hydrogen-bond acceptors (Lipinski definition) is 4. The summed E-state index contributed by atoms with van der Waals surface area (Å²) >= 11 is 1.70. The van der Waals surface area contributed by atoms with Crippen LogP contribution in [0.2, 0.25) is 0 Å². The Morgan fingerprint density at radius 2 is 2.32 bits per heavy atom. The minimum absolute atomic E-state index is 0.0263. The molecule has 2 aromatic heterocycles. The molecular formula is C19H25N3O2S. The molecule has 1 saturated heterocycles. The second-order valence-corrected chi connectivity index (χ2v) is 8.61. The van der Waals surface area contributed by atoms with Gasteiger partial charge in [-0.2, -0.15) is 5.10 Å². The molecule has 2 N–H and O–H groups in total. The van der Waals surface area contributed by atoms with Gasteiger partial charge in [-0.25, -0.2) is 0 Å². The zero-order valence-corrected chi connectivity index (χ0v) is 15.4. The van der Waals surface area contributed by atoms with Crippen LogP contribution in [0.3, 0.4) is 0 Å². The smallest absolute Gasteiger partial charge is 0.263 e. The number of piperidine rings is 1. The number of aryl methyl sites for hydroxylation is 1. The molecule has 1 aliphatic carbocycles. The maximum absolute atomic E-state index is 13.0. The third-order valence-electron chi connectivity index (χ3n) is 5.49. The first kappa shape index (κ1) is 16.8. The van der Waals surface area contributed by atoms with Gasteiger partial charge < -0.3 is 10.0 Å². The highest BCUT2D eigenvalue weighted by Crippen LogP contribution is 2.34.